The largest absolute Gasteiger partial charge is 0.508 e. The lowest BCUT2D eigenvalue weighted by atomic mass is 10.1. The zero-order chi connectivity index (χ0) is 13.1. The maximum atomic E-state index is 12.1. The van der Waals surface area contributed by atoms with E-state index in [1.54, 1.807) is 7.05 Å². The highest BCUT2D eigenvalue weighted by atomic mass is 16.5. The highest BCUT2D eigenvalue weighted by Crippen LogP contribution is 2.24. The predicted molar refractivity (Wildman–Crippen MR) is 65.7 cm³/mol. The van der Waals surface area contributed by atoms with E-state index >= 15 is 0 Å². The molecule has 2 N–H and O–H groups in total. The third kappa shape index (κ3) is 2.73. The topological polar surface area (TPSA) is 70.0 Å². The Hall–Kier alpha value is -1.75. The van der Waals surface area contributed by atoms with Gasteiger partial charge < -0.3 is 19.8 Å². The number of rotatable bonds is 3. The van der Waals surface area contributed by atoms with Crippen molar-refractivity contribution < 1.29 is 19.7 Å². The lowest BCUT2D eigenvalue weighted by Gasteiger charge is -2.21. The molecular weight excluding hydrogens is 234 g/mol. The summed E-state index contributed by atoms with van der Waals surface area (Å²) in [4.78, 5) is 13.6. The van der Waals surface area contributed by atoms with E-state index in [0.29, 0.717) is 6.54 Å². The van der Waals surface area contributed by atoms with Crippen LogP contribution in [0.4, 0.5) is 0 Å². The smallest absolute Gasteiger partial charge is 0.257 e. The number of phenols is 2. The molecule has 0 radical (unpaired) electrons. The molecule has 1 fully saturated rings. The molecule has 1 atom stereocenters. The van der Waals surface area contributed by atoms with E-state index in [4.69, 9.17) is 4.74 Å². The second-order valence-corrected chi connectivity index (χ2v) is 4.52. The molecule has 0 aromatic heterocycles. The number of carbonyl (C=O) groups is 1. The van der Waals surface area contributed by atoms with E-state index in [2.05, 4.69) is 0 Å². The van der Waals surface area contributed by atoms with Crippen molar-refractivity contribution >= 4 is 5.91 Å². The summed E-state index contributed by atoms with van der Waals surface area (Å²) in [5.41, 5.74) is 0.188. The maximum Gasteiger partial charge on any atom is 0.257 e. The van der Waals surface area contributed by atoms with Crippen molar-refractivity contribution in [1.29, 1.82) is 0 Å². The summed E-state index contributed by atoms with van der Waals surface area (Å²) in [6.45, 7) is 1.26. The minimum atomic E-state index is -0.275. The van der Waals surface area contributed by atoms with Crippen LogP contribution in [0.15, 0.2) is 18.2 Å². The molecule has 1 saturated heterocycles. The van der Waals surface area contributed by atoms with Crippen LogP contribution in [-0.2, 0) is 4.74 Å². The minimum Gasteiger partial charge on any atom is -0.508 e. The van der Waals surface area contributed by atoms with E-state index in [1.807, 2.05) is 0 Å². The van der Waals surface area contributed by atoms with Crippen LogP contribution in [-0.4, -0.2) is 47.3 Å². The number of amides is 1. The van der Waals surface area contributed by atoms with Crippen LogP contribution in [0.1, 0.15) is 23.2 Å². The Morgan fingerprint density at radius 3 is 2.89 bits per heavy atom. The van der Waals surface area contributed by atoms with Gasteiger partial charge in [-0.1, -0.05) is 0 Å². The van der Waals surface area contributed by atoms with Gasteiger partial charge in [0, 0.05) is 26.3 Å². The summed E-state index contributed by atoms with van der Waals surface area (Å²) in [5, 5.41) is 18.8. The molecule has 1 aliphatic rings. The number of hydrogen-bond donors (Lipinski definition) is 2. The van der Waals surface area contributed by atoms with Gasteiger partial charge in [-0.3, -0.25) is 4.79 Å². The summed E-state index contributed by atoms with van der Waals surface area (Å²) in [5.74, 6) is -0.548. The highest BCUT2D eigenvalue weighted by Gasteiger charge is 2.22. The second-order valence-electron chi connectivity index (χ2n) is 4.52. The van der Waals surface area contributed by atoms with Gasteiger partial charge in [-0.15, -0.1) is 0 Å². The standard InChI is InChI=1S/C13H17NO4/c1-14(8-10-3-2-6-18-10)13(17)11-5-4-9(15)7-12(11)16/h4-5,7,10,15-16H,2-3,6,8H2,1H3. The van der Waals surface area contributed by atoms with Gasteiger partial charge in [0.25, 0.3) is 5.91 Å². The van der Waals surface area contributed by atoms with Crippen LogP contribution >= 0.6 is 0 Å². The Bertz CT molecular complexity index is 441. The number of likely N-dealkylation sites (N-methyl/N-ethyl adjacent to an activating group) is 1. The van der Waals surface area contributed by atoms with Crippen molar-refractivity contribution in [3.63, 3.8) is 0 Å². The number of benzene rings is 1. The van der Waals surface area contributed by atoms with Crippen LogP contribution in [0, 0.1) is 0 Å². The molecule has 0 bridgehead atoms. The number of ether oxygens (including phenoxy) is 1. The van der Waals surface area contributed by atoms with Crippen LogP contribution < -0.4 is 0 Å². The molecule has 1 heterocycles. The summed E-state index contributed by atoms with van der Waals surface area (Å²) in [6, 6.07) is 3.96. The van der Waals surface area contributed by atoms with E-state index in [0.717, 1.165) is 25.5 Å². The predicted octanol–water partition coefficient (Wildman–Crippen LogP) is 1.35. The number of hydrogen-bond acceptors (Lipinski definition) is 4. The number of phenolic OH excluding ortho intramolecular Hbond substituents is 2. The van der Waals surface area contributed by atoms with Gasteiger partial charge >= 0.3 is 0 Å². The van der Waals surface area contributed by atoms with E-state index < -0.39 is 0 Å². The van der Waals surface area contributed by atoms with Gasteiger partial charge in [0.05, 0.1) is 11.7 Å². The van der Waals surface area contributed by atoms with Gasteiger partial charge in [0.15, 0.2) is 0 Å². The quantitative estimate of drug-likeness (QED) is 0.850. The first kappa shape index (κ1) is 12.7. The molecule has 98 valence electrons. The van der Waals surface area contributed by atoms with E-state index in [1.165, 1.54) is 17.0 Å². The Labute approximate surface area is 106 Å². The second kappa shape index (κ2) is 5.27. The molecule has 2 rings (SSSR count). The molecule has 18 heavy (non-hydrogen) atoms. The van der Waals surface area contributed by atoms with E-state index in [9.17, 15) is 15.0 Å². The third-order valence-electron chi connectivity index (χ3n) is 3.06. The fourth-order valence-corrected chi connectivity index (χ4v) is 2.08. The van der Waals surface area contributed by atoms with Crippen molar-refractivity contribution in [1.82, 2.24) is 4.90 Å². The van der Waals surface area contributed by atoms with Crippen LogP contribution in [0.3, 0.4) is 0 Å². The van der Waals surface area contributed by atoms with Crippen LogP contribution in [0.25, 0.3) is 0 Å². The first-order chi connectivity index (χ1) is 8.58. The molecule has 1 unspecified atom stereocenters. The molecule has 5 nitrogen and oxygen atoms in total. The maximum absolute atomic E-state index is 12.1. The zero-order valence-corrected chi connectivity index (χ0v) is 10.3. The van der Waals surface area contributed by atoms with Gasteiger partial charge in [0.1, 0.15) is 11.5 Å². The van der Waals surface area contributed by atoms with E-state index in [-0.39, 0.29) is 29.1 Å². The van der Waals surface area contributed by atoms with Crippen LogP contribution in [0.2, 0.25) is 0 Å². The molecule has 1 amide bonds. The summed E-state index contributed by atoms with van der Waals surface area (Å²) in [6.07, 6.45) is 2.06. The fraction of sp³-hybridized carbons (Fsp3) is 0.462. The van der Waals surface area contributed by atoms with Crippen molar-refractivity contribution in [3.05, 3.63) is 23.8 Å². The lowest BCUT2D eigenvalue weighted by Crippen LogP contribution is -2.34. The summed E-state index contributed by atoms with van der Waals surface area (Å²) >= 11 is 0. The van der Waals surface area contributed by atoms with Crippen molar-refractivity contribution in [2.75, 3.05) is 20.2 Å². The molecular formula is C13H17NO4. The molecule has 0 aliphatic carbocycles. The molecule has 5 heteroatoms. The Balaban J connectivity index is 2.05. The number of aromatic hydroxyl groups is 2. The van der Waals surface area contributed by atoms with Gasteiger partial charge in [-0.25, -0.2) is 0 Å². The zero-order valence-electron chi connectivity index (χ0n) is 10.3. The average Bonchev–Trinajstić information content (AvgIpc) is 2.81. The normalized spacial score (nSPS) is 18.8. The number of nitrogens with zero attached hydrogens (tertiary/aromatic N) is 1. The average molecular weight is 251 g/mol. The van der Waals surface area contributed by atoms with Crippen LogP contribution in [0.5, 0.6) is 11.5 Å². The van der Waals surface area contributed by atoms with Gasteiger partial charge in [-0.05, 0) is 25.0 Å². The summed E-state index contributed by atoms with van der Waals surface area (Å²) in [7, 11) is 1.68. The SMILES string of the molecule is CN(CC1CCCO1)C(=O)c1ccc(O)cc1O. The molecule has 1 aromatic rings. The van der Waals surface area contributed by atoms with Crippen molar-refractivity contribution in [2.24, 2.45) is 0 Å². The monoisotopic (exact) mass is 251 g/mol. The fourth-order valence-electron chi connectivity index (χ4n) is 2.08. The first-order valence-electron chi connectivity index (χ1n) is 5.97. The first-order valence-corrected chi connectivity index (χ1v) is 5.97. The summed E-state index contributed by atoms with van der Waals surface area (Å²) < 4.78 is 5.46. The minimum absolute atomic E-state index is 0.0640. The molecule has 1 aromatic carbocycles. The Morgan fingerprint density at radius 1 is 1.50 bits per heavy atom. The molecule has 1 aliphatic heterocycles. The van der Waals surface area contributed by atoms with Crippen molar-refractivity contribution in [2.45, 2.75) is 18.9 Å². The van der Waals surface area contributed by atoms with Gasteiger partial charge in [0.2, 0.25) is 0 Å². The van der Waals surface area contributed by atoms with Crippen molar-refractivity contribution in [3.8, 4) is 11.5 Å². The van der Waals surface area contributed by atoms with Gasteiger partial charge in [-0.2, -0.15) is 0 Å². The Morgan fingerprint density at radius 2 is 2.28 bits per heavy atom. The Kier molecular flexibility index (Phi) is 3.72. The highest BCUT2D eigenvalue weighted by molar-refractivity contribution is 5.96. The molecule has 0 saturated carbocycles. The number of carbonyl (C=O) groups excluding carboxylic acids is 1. The third-order valence-corrected chi connectivity index (χ3v) is 3.06. The lowest BCUT2D eigenvalue weighted by molar-refractivity contribution is 0.0585. The molecule has 0 spiro atoms.